The van der Waals surface area contributed by atoms with E-state index >= 15 is 0 Å². The fraction of sp³-hybridized carbons (Fsp3) is 0.367. The highest BCUT2D eigenvalue weighted by Gasteiger charge is 2.39. The van der Waals surface area contributed by atoms with Crippen molar-refractivity contribution in [1.82, 2.24) is 5.32 Å². The molecule has 1 heterocycles. The maximum atomic E-state index is 13.4. The Kier molecular flexibility index (Phi) is 8.36. The molecule has 0 radical (unpaired) electrons. The van der Waals surface area contributed by atoms with E-state index in [1.807, 2.05) is 44.2 Å². The molecule has 0 bridgehead atoms. The monoisotopic (exact) mass is 559 g/mol. The Hall–Kier alpha value is -3.55. The van der Waals surface area contributed by atoms with Crippen molar-refractivity contribution in [2.45, 2.75) is 59.0 Å². The van der Waals surface area contributed by atoms with Crippen LogP contribution in [0.15, 0.2) is 63.4 Å². The smallest absolute Gasteiger partial charge is 0.175 e. The molecule has 0 saturated heterocycles. The van der Waals surface area contributed by atoms with E-state index in [9.17, 15) is 15.3 Å². The van der Waals surface area contributed by atoms with Crippen LogP contribution in [0.5, 0.6) is 11.5 Å². The first-order valence-electron chi connectivity index (χ1n) is 12.6. The Morgan fingerprint density at radius 2 is 1.89 bits per heavy atom. The molecule has 2 aromatic rings. The summed E-state index contributed by atoms with van der Waals surface area (Å²) in [6.07, 6.45) is 3.35. The number of nitrogens with zero attached hydrogens (tertiary/aromatic N) is 2. The molecule has 6 nitrogen and oxygen atoms in total. The molecule has 7 heteroatoms. The third kappa shape index (κ3) is 5.43. The fourth-order valence-electron chi connectivity index (χ4n) is 5.28. The molecule has 0 fully saturated rings. The van der Waals surface area contributed by atoms with Gasteiger partial charge in [0.25, 0.3) is 0 Å². The highest BCUT2D eigenvalue weighted by molar-refractivity contribution is 9.10. The van der Waals surface area contributed by atoms with Gasteiger partial charge < -0.3 is 14.8 Å². The second kappa shape index (κ2) is 11.7. The summed E-state index contributed by atoms with van der Waals surface area (Å²) in [5, 5.41) is 22.9. The first-order valence-corrected chi connectivity index (χ1v) is 13.4. The van der Waals surface area contributed by atoms with E-state index in [0.717, 1.165) is 41.8 Å². The number of dihydropyridines is 1. The van der Waals surface area contributed by atoms with Crippen molar-refractivity contribution < 1.29 is 14.3 Å². The number of hydrogen-bond donors (Lipinski definition) is 1. The predicted octanol–water partition coefficient (Wildman–Crippen LogP) is 6.82. The van der Waals surface area contributed by atoms with Crippen molar-refractivity contribution in [1.29, 1.82) is 10.5 Å². The number of halogens is 1. The first-order chi connectivity index (χ1) is 17.9. The number of nitriles is 2. The molecular formula is C30H30BrN3O3. The average molecular weight is 560 g/mol. The molecule has 2 atom stereocenters. The summed E-state index contributed by atoms with van der Waals surface area (Å²) in [7, 11) is 0. The number of allylic oxidation sites excluding steroid dienone is 4. The van der Waals surface area contributed by atoms with E-state index < -0.39 is 5.92 Å². The minimum Gasteiger partial charge on any atom is -0.490 e. The summed E-state index contributed by atoms with van der Waals surface area (Å²) >= 11 is 3.65. The van der Waals surface area contributed by atoms with Gasteiger partial charge >= 0.3 is 0 Å². The molecule has 1 aliphatic heterocycles. The maximum Gasteiger partial charge on any atom is 0.175 e. The quantitative estimate of drug-likeness (QED) is 0.381. The number of carbonyl (C=O) groups excluding carboxylic acids is 1. The van der Waals surface area contributed by atoms with Gasteiger partial charge in [-0.2, -0.15) is 10.5 Å². The van der Waals surface area contributed by atoms with Gasteiger partial charge in [0, 0.05) is 29.0 Å². The Bertz CT molecular complexity index is 1360. The lowest BCUT2D eigenvalue weighted by atomic mass is 9.72. The van der Waals surface area contributed by atoms with E-state index in [1.54, 1.807) is 6.07 Å². The van der Waals surface area contributed by atoms with Crippen LogP contribution in [0, 0.1) is 28.6 Å². The first kappa shape index (κ1) is 26.5. The van der Waals surface area contributed by atoms with E-state index in [4.69, 9.17) is 9.47 Å². The number of ketones is 1. The zero-order valence-electron chi connectivity index (χ0n) is 21.4. The summed E-state index contributed by atoms with van der Waals surface area (Å²) < 4.78 is 12.8. The summed E-state index contributed by atoms with van der Waals surface area (Å²) in [6.45, 7) is 6.54. The topological polar surface area (TPSA) is 95.1 Å². The molecule has 2 aliphatic rings. The highest BCUT2D eigenvalue weighted by atomic mass is 79.9. The third-order valence-electron chi connectivity index (χ3n) is 6.90. The highest BCUT2D eigenvalue weighted by Crippen LogP contribution is 2.47. The summed E-state index contributed by atoms with van der Waals surface area (Å²) in [4.78, 5) is 13.4. The van der Waals surface area contributed by atoms with Crippen molar-refractivity contribution in [2.24, 2.45) is 5.92 Å². The third-order valence-corrected chi connectivity index (χ3v) is 7.49. The van der Waals surface area contributed by atoms with Crippen LogP contribution in [0.25, 0.3) is 0 Å². The van der Waals surface area contributed by atoms with Crippen LogP contribution in [-0.4, -0.2) is 12.4 Å². The lowest BCUT2D eigenvalue weighted by Crippen LogP contribution is -2.34. The Balaban J connectivity index is 1.75. The van der Waals surface area contributed by atoms with E-state index in [0.29, 0.717) is 51.6 Å². The van der Waals surface area contributed by atoms with Gasteiger partial charge in [-0.3, -0.25) is 4.79 Å². The molecule has 0 saturated carbocycles. The predicted molar refractivity (Wildman–Crippen MR) is 145 cm³/mol. The summed E-state index contributed by atoms with van der Waals surface area (Å²) in [6, 6.07) is 15.6. The number of Topliss-reactive ketones (excluding diaryl/α,β-unsaturated/α-hetero) is 1. The van der Waals surface area contributed by atoms with Crippen molar-refractivity contribution in [3.8, 4) is 23.6 Å². The van der Waals surface area contributed by atoms with E-state index in [-0.39, 0.29) is 12.4 Å². The number of benzene rings is 2. The van der Waals surface area contributed by atoms with Gasteiger partial charge in [-0.05, 0) is 72.3 Å². The van der Waals surface area contributed by atoms with Crippen LogP contribution in [0.1, 0.15) is 69.1 Å². The zero-order chi connectivity index (χ0) is 26.5. The minimum atomic E-state index is -0.472. The van der Waals surface area contributed by atoms with Gasteiger partial charge in [-0.25, -0.2) is 0 Å². The van der Waals surface area contributed by atoms with Crippen LogP contribution >= 0.6 is 15.9 Å². The summed E-state index contributed by atoms with van der Waals surface area (Å²) in [5.41, 5.74) is 5.05. The molecular weight excluding hydrogens is 530 g/mol. The Labute approximate surface area is 226 Å². The Morgan fingerprint density at radius 1 is 1.11 bits per heavy atom. The SMILES string of the molecule is CCCC1CC(=O)C2=C(C1)NC(C)=C(C#N)C2c1cc(Br)c(OCc2ccccc2C#N)c(OCC)c1. The van der Waals surface area contributed by atoms with Crippen molar-refractivity contribution in [3.63, 3.8) is 0 Å². The van der Waals surface area contributed by atoms with E-state index in [1.165, 1.54) is 0 Å². The lowest BCUT2D eigenvalue weighted by molar-refractivity contribution is -0.117. The number of carbonyl (C=O) groups is 1. The van der Waals surface area contributed by atoms with Crippen LogP contribution in [0.4, 0.5) is 0 Å². The maximum absolute atomic E-state index is 13.4. The molecule has 1 aliphatic carbocycles. The lowest BCUT2D eigenvalue weighted by Gasteiger charge is -2.35. The van der Waals surface area contributed by atoms with Gasteiger partial charge in [0.1, 0.15) is 6.61 Å². The fourth-order valence-corrected chi connectivity index (χ4v) is 5.85. The Morgan fingerprint density at radius 3 is 2.59 bits per heavy atom. The second-order valence-electron chi connectivity index (χ2n) is 9.41. The van der Waals surface area contributed by atoms with Crippen LogP contribution in [0.2, 0.25) is 0 Å². The van der Waals surface area contributed by atoms with Crippen molar-refractivity contribution in [2.75, 3.05) is 6.61 Å². The van der Waals surface area contributed by atoms with Gasteiger partial charge in [-0.1, -0.05) is 31.5 Å². The number of ether oxygens (including phenoxy) is 2. The second-order valence-corrected chi connectivity index (χ2v) is 10.3. The summed E-state index contributed by atoms with van der Waals surface area (Å²) in [5.74, 6) is 0.974. The molecule has 0 amide bonds. The normalized spacial score (nSPS) is 19.0. The molecule has 2 aromatic carbocycles. The standard InChI is InChI=1S/C30H30BrN3O3/c1-4-8-19-11-25-29(26(35)12-19)28(23(16-33)18(3)34-25)22-13-24(31)30(27(14-22)36-5-2)37-17-21-10-7-6-9-20(21)15-32/h6-7,9-10,13-14,19,28,34H,4-5,8,11-12,17H2,1-3H3. The van der Waals surface area contributed by atoms with Crippen LogP contribution in [-0.2, 0) is 11.4 Å². The van der Waals surface area contributed by atoms with Gasteiger partial charge in [-0.15, -0.1) is 0 Å². The molecule has 2 unspecified atom stereocenters. The van der Waals surface area contributed by atoms with Gasteiger partial charge in [0.2, 0.25) is 0 Å². The molecule has 1 N–H and O–H groups in total. The number of nitrogens with one attached hydrogen (secondary N) is 1. The molecule has 37 heavy (non-hydrogen) atoms. The minimum absolute atomic E-state index is 0.0972. The number of hydrogen-bond acceptors (Lipinski definition) is 6. The van der Waals surface area contributed by atoms with Crippen molar-refractivity contribution in [3.05, 3.63) is 80.1 Å². The van der Waals surface area contributed by atoms with Gasteiger partial charge in [0.15, 0.2) is 17.3 Å². The average Bonchev–Trinajstić information content (AvgIpc) is 2.87. The number of rotatable bonds is 8. The molecule has 0 spiro atoms. The molecule has 0 aromatic heterocycles. The van der Waals surface area contributed by atoms with E-state index in [2.05, 4.69) is 40.3 Å². The van der Waals surface area contributed by atoms with Crippen LogP contribution < -0.4 is 14.8 Å². The van der Waals surface area contributed by atoms with Gasteiger partial charge in [0.05, 0.1) is 40.3 Å². The zero-order valence-corrected chi connectivity index (χ0v) is 22.9. The largest absolute Gasteiger partial charge is 0.490 e. The van der Waals surface area contributed by atoms with Crippen LogP contribution in [0.3, 0.4) is 0 Å². The van der Waals surface area contributed by atoms with Crippen molar-refractivity contribution >= 4 is 21.7 Å². The molecule has 4 rings (SSSR count). The molecule has 190 valence electrons.